The zero-order valence-corrected chi connectivity index (χ0v) is 21.3. The van der Waals surface area contributed by atoms with Crippen molar-refractivity contribution < 1.29 is 41.8 Å². The molecule has 2 heterocycles. The number of anilines is 2. The SMILES string of the molecule is COC(=O)Nc1ccc(C(=O)N[C@@H](CC(F)(F)F)C(=O)N2CCC[C@@]3(C2)OC(=O)Nc2ccc(Cl)cc23)cc1. The van der Waals surface area contributed by atoms with Gasteiger partial charge in [-0.2, -0.15) is 13.2 Å². The Morgan fingerprint density at radius 2 is 1.92 bits per heavy atom. The molecule has 4 rings (SSSR count). The molecule has 2 aliphatic heterocycles. The van der Waals surface area contributed by atoms with Gasteiger partial charge in [-0.15, -0.1) is 0 Å². The van der Waals surface area contributed by atoms with Crippen molar-refractivity contribution in [2.75, 3.05) is 30.8 Å². The molecule has 2 aromatic rings. The molecular weight excluding hydrogens is 545 g/mol. The molecule has 0 saturated carbocycles. The molecule has 0 unspecified atom stereocenters. The number of likely N-dealkylation sites (tertiary alicyclic amines) is 1. The van der Waals surface area contributed by atoms with E-state index in [1.807, 2.05) is 0 Å². The largest absolute Gasteiger partial charge is 0.453 e. The Kier molecular flexibility index (Phi) is 7.91. The van der Waals surface area contributed by atoms with Crippen molar-refractivity contribution in [2.24, 2.45) is 0 Å². The van der Waals surface area contributed by atoms with Gasteiger partial charge in [0.05, 0.1) is 25.8 Å². The fraction of sp³-hybridized carbons (Fsp3) is 0.360. The van der Waals surface area contributed by atoms with Crippen LogP contribution in [0.25, 0.3) is 0 Å². The molecule has 0 aliphatic carbocycles. The Morgan fingerprint density at radius 1 is 1.21 bits per heavy atom. The summed E-state index contributed by atoms with van der Waals surface area (Å²) in [4.78, 5) is 51.0. The van der Waals surface area contributed by atoms with Gasteiger partial charge >= 0.3 is 18.4 Å². The summed E-state index contributed by atoms with van der Waals surface area (Å²) in [6.07, 6.45) is -7.23. The van der Waals surface area contributed by atoms with Crippen LogP contribution in [0.3, 0.4) is 0 Å². The molecule has 39 heavy (non-hydrogen) atoms. The summed E-state index contributed by atoms with van der Waals surface area (Å²) in [5.74, 6) is -1.89. The number of rotatable bonds is 5. The first-order valence-corrected chi connectivity index (χ1v) is 12.2. The molecule has 4 amide bonds. The van der Waals surface area contributed by atoms with Crippen LogP contribution in [-0.4, -0.2) is 61.3 Å². The van der Waals surface area contributed by atoms with Crippen molar-refractivity contribution >= 4 is 47.0 Å². The number of amides is 4. The molecule has 0 bridgehead atoms. The van der Waals surface area contributed by atoms with Crippen LogP contribution in [0, 0.1) is 0 Å². The maximum atomic E-state index is 13.5. The lowest BCUT2D eigenvalue weighted by atomic mass is 9.83. The van der Waals surface area contributed by atoms with E-state index in [1.54, 1.807) is 18.2 Å². The van der Waals surface area contributed by atoms with Crippen LogP contribution in [0.2, 0.25) is 5.02 Å². The van der Waals surface area contributed by atoms with Gasteiger partial charge in [0.1, 0.15) is 6.04 Å². The molecule has 1 spiro atoms. The van der Waals surface area contributed by atoms with E-state index in [-0.39, 0.29) is 24.3 Å². The molecule has 14 heteroatoms. The third-order valence-electron chi connectivity index (χ3n) is 6.38. The lowest BCUT2D eigenvalue weighted by Crippen LogP contribution is -2.57. The number of halogens is 4. The lowest BCUT2D eigenvalue weighted by Gasteiger charge is -2.45. The van der Waals surface area contributed by atoms with Crippen molar-refractivity contribution in [3.8, 4) is 0 Å². The standard InChI is InChI=1S/C25H24ClF3N4O6/c1-38-22(36)30-16-6-3-14(4-7-16)20(34)31-19(12-25(27,28)29)21(35)33-10-2-9-24(13-33)17-11-15(26)5-8-18(17)32-23(37)39-24/h3-8,11,19H,2,9-10,12-13H2,1H3,(H,30,36)(H,31,34)(H,32,37)/t19-,24-/m0/s1. The predicted molar refractivity (Wildman–Crippen MR) is 133 cm³/mol. The second-order valence-electron chi connectivity index (χ2n) is 9.10. The van der Waals surface area contributed by atoms with Crippen molar-refractivity contribution in [1.82, 2.24) is 10.2 Å². The molecule has 2 aliphatic rings. The Hall–Kier alpha value is -4.00. The van der Waals surface area contributed by atoms with E-state index < -0.39 is 48.2 Å². The number of ether oxygens (including phenoxy) is 2. The number of fused-ring (bicyclic) bond motifs is 2. The molecule has 2 aromatic carbocycles. The molecule has 0 aromatic heterocycles. The summed E-state index contributed by atoms with van der Waals surface area (Å²) >= 11 is 6.15. The van der Waals surface area contributed by atoms with Crippen molar-refractivity contribution in [3.63, 3.8) is 0 Å². The van der Waals surface area contributed by atoms with Gasteiger partial charge < -0.3 is 19.7 Å². The maximum absolute atomic E-state index is 13.5. The van der Waals surface area contributed by atoms with Crippen LogP contribution in [0.5, 0.6) is 0 Å². The number of hydrogen-bond donors (Lipinski definition) is 3. The molecule has 3 N–H and O–H groups in total. The highest BCUT2D eigenvalue weighted by atomic mass is 35.5. The van der Waals surface area contributed by atoms with Gasteiger partial charge in [-0.05, 0) is 55.3 Å². The minimum Gasteiger partial charge on any atom is -0.453 e. The first-order valence-electron chi connectivity index (χ1n) is 11.8. The predicted octanol–water partition coefficient (Wildman–Crippen LogP) is 4.65. The summed E-state index contributed by atoms with van der Waals surface area (Å²) in [6.45, 7) is -0.121. The summed E-state index contributed by atoms with van der Waals surface area (Å²) in [5, 5.41) is 7.48. The van der Waals surface area contributed by atoms with Crippen LogP contribution in [-0.2, 0) is 19.9 Å². The maximum Gasteiger partial charge on any atom is 0.412 e. The minimum atomic E-state index is -4.77. The lowest BCUT2D eigenvalue weighted by molar-refractivity contribution is -0.157. The van der Waals surface area contributed by atoms with Gasteiger partial charge in [-0.1, -0.05) is 11.6 Å². The molecule has 0 radical (unpaired) electrons. The highest BCUT2D eigenvalue weighted by Crippen LogP contribution is 2.43. The van der Waals surface area contributed by atoms with Crippen LogP contribution >= 0.6 is 11.6 Å². The zero-order valence-electron chi connectivity index (χ0n) is 20.6. The van der Waals surface area contributed by atoms with Crippen LogP contribution < -0.4 is 16.0 Å². The molecule has 208 valence electrons. The number of piperidine rings is 1. The van der Waals surface area contributed by atoms with E-state index in [0.29, 0.717) is 29.1 Å². The fourth-order valence-corrected chi connectivity index (χ4v) is 4.82. The first kappa shape index (κ1) is 28.0. The smallest absolute Gasteiger partial charge is 0.412 e. The number of alkyl halides is 3. The van der Waals surface area contributed by atoms with Crippen molar-refractivity contribution in [1.29, 1.82) is 0 Å². The average molecular weight is 569 g/mol. The van der Waals surface area contributed by atoms with Gasteiger partial charge in [0, 0.05) is 28.4 Å². The topological polar surface area (TPSA) is 126 Å². The van der Waals surface area contributed by atoms with Gasteiger partial charge in [0.15, 0.2) is 5.60 Å². The Labute approximate surface area is 225 Å². The number of carbonyl (C=O) groups is 4. The molecule has 1 saturated heterocycles. The van der Waals surface area contributed by atoms with Gasteiger partial charge in [0.25, 0.3) is 5.91 Å². The molecular formula is C25H24ClF3N4O6. The van der Waals surface area contributed by atoms with E-state index in [0.717, 1.165) is 4.90 Å². The fourth-order valence-electron chi connectivity index (χ4n) is 4.65. The number of nitrogens with one attached hydrogen (secondary N) is 3. The Morgan fingerprint density at radius 3 is 2.59 bits per heavy atom. The molecule has 2 atom stereocenters. The van der Waals surface area contributed by atoms with E-state index in [1.165, 1.54) is 31.4 Å². The van der Waals surface area contributed by atoms with Gasteiger partial charge in [0.2, 0.25) is 5.91 Å². The Bertz CT molecular complexity index is 1290. The highest BCUT2D eigenvalue weighted by molar-refractivity contribution is 6.30. The number of hydrogen-bond acceptors (Lipinski definition) is 6. The van der Waals surface area contributed by atoms with Gasteiger partial charge in [-0.3, -0.25) is 20.2 Å². The highest BCUT2D eigenvalue weighted by Gasteiger charge is 2.48. The monoisotopic (exact) mass is 568 g/mol. The normalized spacial score (nSPS) is 19.3. The van der Waals surface area contributed by atoms with Crippen molar-refractivity contribution in [3.05, 3.63) is 58.6 Å². The van der Waals surface area contributed by atoms with Crippen LogP contribution in [0.1, 0.15) is 35.2 Å². The number of methoxy groups -OCH3 is 1. The molecule has 1 fully saturated rings. The van der Waals surface area contributed by atoms with E-state index in [2.05, 4.69) is 20.7 Å². The van der Waals surface area contributed by atoms with Crippen LogP contribution in [0.15, 0.2) is 42.5 Å². The summed E-state index contributed by atoms with van der Waals surface area (Å²) < 4.78 is 50.5. The quantitative estimate of drug-likeness (QED) is 0.482. The third kappa shape index (κ3) is 6.53. The number of nitrogens with zero attached hydrogens (tertiary/aromatic N) is 1. The summed E-state index contributed by atoms with van der Waals surface area (Å²) in [6, 6.07) is 8.07. The minimum absolute atomic E-state index is 0.0311. The third-order valence-corrected chi connectivity index (χ3v) is 6.62. The second-order valence-corrected chi connectivity index (χ2v) is 9.54. The van der Waals surface area contributed by atoms with E-state index in [9.17, 15) is 32.3 Å². The van der Waals surface area contributed by atoms with E-state index in [4.69, 9.17) is 16.3 Å². The summed E-state index contributed by atoms with van der Waals surface area (Å²) in [7, 11) is 1.17. The summed E-state index contributed by atoms with van der Waals surface area (Å²) in [5.41, 5.74) is -0.126. The Balaban J connectivity index is 1.55. The average Bonchev–Trinajstić information content (AvgIpc) is 2.88. The second kappa shape index (κ2) is 11.0. The molecule has 10 nitrogen and oxygen atoms in total. The first-order chi connectivity index (χ1) is 18.4. The van der Waals surface area contributed by atoms with Crippen LogP contribution in [0.4, 0.5) is 34.1 Å². The van der Waals surface area contributed by atoms with Gasteiger partial charge in [-0.25, -0.2) is 9.59 Å². The van der Waals surface area contributed by atoms with Crippen molar-refractivity contribution in [2.45, 2.75) is 37.1 Å². The zero-order chi connectivity index (χ0) is 28.4. The number of benzene rings is 2. The number of carbonyl (C=O) groups excluding carboxylic acids is 4. The van der Waals surface area contributed by atoms with E-state index >= 15 is 0 Å².